The van der Waals surface area contributed by atoms with Crippen LogP contribution in [0.4, 0.5) is 4.79 Å². The number of fused-ring (bicyclic) bond motifs is 2. The summed E-state index contributed by atoms with van der Waals surface area (Å²) in [6.07, 6.45) is 2.41. The van der Waals surface area contributed by atoms with E-state index in [1.165, 1.54) is 0 Å². The minimum absolute atomic E-state index is 0.0206. The number of imide groups is 1. The molecular weight excluding hydrogens is 382 g/mol. The highest BCUT2D eigenvalue weighted by molar-refractivity contribution is 7.91. The second-order valence-electron chi connectivity index (χ2n) is 8.19. The number of amides is 4. The van der Waals surface area contributed by atoms with E-state index in [0.29, 0.717) is 12.8 Å². The van der Waals surface area contributed by atoms with Crippen molar-refractivity contribution in [3.05, 3.63) is 35.4 Å². The highest BCUT2D eigenvalue weighted by Gasteiger charge is 2.54. The van der Waals surface area contributed by atoms with E-state index in [1.807, 2.05) is 24.3 Å². The Morgan fingerprint density at radius 3 is 2.71 bits per heavy atom. The lowest BCUT2D eigenvalue weighted by Gasteiger charge is -2.33. The van der Waals surface area contributed by atoms with Gasteiger partial charge in [-0.25, -0.2) is 13.2 Å². The van der Waals surface area contributed by atoms with Gasteiger partial charge < -0.3 is 10.6 Å². The topological polar surface area (TPSA) is 113 Å². The van der Waals surface area contributed by atoms with Gasteiger partial charge in [0.2, 0.25) is 5.91 Å². The number of aryl methyl sites for hydroxylation is 1. The summed E-state index contributed by atoms with van der Waals surface area (Å²) in [6.45, 7) is 1.24. The van der Waals surface area contributed by atoms with Gasteiger partial charge in [0, 0.05) is 0 Å². The summed E-state index contributed by atoms with van der Waals surface area (Å²) in [5.74, 6) is -1.08. The number of nitrogens with one attached hydrogen (secondary N) is 2. The lowest BCUT2D eigenvalue weighted by Crippen LogP contribution is -2.51. The highest BCUT2D eigenvalue weighted by Crippen LogP contribution is 2.39. The molecule has 0 radical (unpaired) electrons. The van der Waals surface area contributed by atoms with E-state index in [-0.39, 0.29) is 11.5 Å². The van der Waals surface area contributed by atoms with Crippen LogP contribution in [0, 0.1) is 0 Å². The largest absolute Gasteiger partial charge is 0.348 e. The van der Waals surface area contributed by atoms with E-state index >= 15 is 0 Å². The third-order valence-corrected chi connectivity index (χ3v) is 7.80. The number of benzene rings is 1. The van der Waals surface area contributed by atoms with Gasteiger partial charge in [-0.05, 0) is 43.7 Å². The van der Waals surface area contributed by atoms with E-state index in [4.69, 9.17) is 0 Å². The molecule has 4 rings (SSSR count). The van der Waals surface area contributed by atoms with Gasteiger partial charge in [-0.15, -0.1) is 0 Å². The summed E-state index contributed by atoms with van der Waals surface area (Å²) < 4.78 is 23.4. The number of sulfone groups is 1. The van der Waals surface area contributed by atoms with Crippen LogP contribution in [0.2, 0.25) is 0 Å². The predicted molar refractivity (Wildman–Crippen MR) is 101 cm³/mol. The molecule has 1 aromatic carbocycles. The Morgan fingerprint density at radius 2 is 2.00 bits per heavy atom. The zero-order chi connectivity index (χ0) is 20.2. The first-order valence-electron chi connectivity index (χ1n) is 9.38. The third-order valence-electron chi connectivity index (χ3n) is 5.90. The van der Waals surface area contributed by atoms with Crippen LogP contribution in [-0.4, -0.2) is 54.8 Å². The maximum absolute atomic E-state index is 13.2. The number of hydrogen-bond acceptors (Lipinski definition) is 5. The van der Waals surface area contributed by atoms with Crippen LogP contribution in [-0.2, 0) is 31.4 Å². The van der Waals surface area contributed by atoms with Crippen molar-refractivity contribution in [1.82, 2.24) is 15.5 Å². The second kappa shape index (κ2) is 6.30. The molecule has 2 saturated heterocycles. The molecule has 150 valence electrons. The lowest BCUT2D eigenvalue weighted by atomic mass is 9.76. The number of carbonyl (C=O) groups excluding carboxylic acids is 3. The molecule has 3 aliphatic rings. The van der Waals surface area contributed by atoms with E-state index < -0.39 is 45.3 Å². The van der Waals surface area contributed by atoms with Crippen molar-refractivity contribution in [3.8, 4) is 0 Å². The third kappa shape index (κ3) is 3.07. The summed E-state index contributed by atoms with van der Waals surface area (Å²) >= 11 is 0. The van der Waals surface area contributed by atoms with E-state index in [1.54, 1.807) is 6.92 Å². The first kappa shape index (κ1) is 18.9. The minimum Gasteiger partial charge on any atom is -0.348 e. The van der Waals surface area contributed by atoms with E-state index in [9.17, 15) is 22.8 Å². The summed E-state index contributed by atoms with van der Waals surface area (Å²) in [7, 11) is -3.18. The van der Waals surface area contributed by atoms with Crippen LogP contribution in [0.5, 0.6) is 0 Å². The Kier molecular flexibility index (Phi) is 4.26. The molecule has 4 amide bonds. The zero-order valence-corrected chi connectivity index (χ0v) is 16.5. The summed E-state index contributed by atoms with van der Waals surface area (Å²) in [4.78, 5) is 39.2. The minimum atomic E-state index is -3.18. The van der Waals surface area contributed by atoms with Crippen molar-refractivity contribution < 1.29 is 22.8 Å². The number of carbonyl (C=O) groups is 3. The molecule has 2 fully saturated rings. The Bertz CT molecular complexity index is 976. The molecule has 2 N–H and O–H groups in total. The summed E-state index contributed by atoms with van der Waals surface area (Å²) in [5.41, 5.74) is -0.175. The molecular formula is C19H23N3O5S. The van der Waals surface area contributed by atoms with Crippen LogP contribution in [0.1, 0.15) is 37.3 Å². The lowest BCUT2D eigenvalue weighted by molar-refractivity contribution is -0.136. The zero-order valence-electron chi connectivity index (χ0n) is 15.7. The standard InChI is InChI=1S/C19H23N3O5S/c1-18(9-10-28(26,27)12-18)20-15(23)11-22-16(24)19(21-17(22)25)8-4-6-13-5-2-3-7-14(13)19/h2-3,5,7H,4,6,8-12H2,1H3,(H,20,23)(H,21,25)/t18-,19+/m0/s1. The van der Waals surface area contributed by atoms with Crippen molar-refractivity contribution in [1.29, 1.82) is 0 Å². The van der Waals surface area contributed by atoms with Gasteiger partial charge in [0.15, 0.2) is 9.84 Å². The number of urea groups is 1. The van der Waals surface area contributed by atoms with Gasteiger partial charge >= 0.3 is 6.03 Å². The van der Waals surface area contributed by atoms with E-state index in [0.717, 1.165) is 28.9 Å². The molecule has 9 heteroatoms. The predicted octanol–water partition coefficient (Wildman–Crippen LogP) is 0.463. The Morgan fingerprint density at radius 1 is 1.25 bits per heavy atom. The normalized spacial score (nSPS) is 31.0. The Labute approximate surface area is 163 Å². The van der Waals surface area contributed by atoms with Crippen LogP contribution in [0.15, 0.2) is 24.3 Å². The van der Waals surface area contributed by atoms with Crippen LogP contribution < -0.4 is 10.6 Å². The fourth-order valence-electron chi connectivity index (χ4n) is 4.58. The molecule has 0 unspecified atom stereocenters. The SMILES string of the molecule is C[C@]1(NC(=O)CN2C(=O)N[C@@]3(CCCc4ccccc43)C2=O)CCS(=O)(=O)C1. The number of hydrogen-bond donors (Lipinski definition) is 2. The van der Waals surface area contributed by atoms with Crippen molar-refractivity contribution in [2.45, 2.75) is 43.7 Å². The van der Waals surface area contributed by atoms with Gasteiger partial charge in [0.25, 0.3) is 5.91 Å². The smallest absolute Gasteiger partial charge is 0.325 e. The van der Waals surface area contributed by atoms with Gasteiger partial charge in [0.1, 0.15) is 12.1 Å². The first-order valence-corrected chi connectivity index (χ1v) is 11.2. The Balaban J connectivity index is 1.52. The fraction of sp³-hybridized carbons (Fsp3) is 0.526. The van der Waals surface area contributed by atoms with Crippen molar-refractivity contribution in [3.63, 3.8) is 0 Å². The molecule has 1 aromatic rings. The van der Waals surface area contributed by atoms with Gasteiger partial charge in [-0.2, -0.15) is 0 Å². The van der Waals surface area contributed by atoms with E-state index in [2.05, 4.69) is 10.6 Å². The van der Waals surface area contributed by atoms with Gasteiger partial charge in [0.05, 0.1) is 17.0 Å². The Hall–Kier alpha value is -2.42. The number of nitrogens with zero attached hydrogens (tertiary/aromatic N) is 1. The monoisotopic (exact) mass is 405 g/mol. The molecule has 1 spiro atoms. The average molecular weight is 405 g/mol. The molecule has 0 aromatic heterocycles. The van der Waals surface area contributed by atoms with Crippen LogP contribution in [0.3, 0.4) is 0 Å². The molecule has 2 atom stereocenters. The molecule has 0 saturated carbocycles. The maximum Gasteiger partial charge on any atom is 0.325 e. The van der Waals surface area contributed by atoms with Gasteiger partial charge in [-0.1, -0.05) is 24.3 Å². The molecule has 8 nitrogen and oxygen atoms in total. The molecule has 2 aliphatic heterocycles. The molecule has 2 heterocycles. The average Bonchev–Trinajstić information content (AvgIpc) is 3.03. The molecule has 0 bridgehead atoms. The van der Waals surface area contributed by atoms with Gasteiger partial charge in [-0.3, -0.25) is 14.5 Å². The second-order valence-corrected chi connectivity index (χ2v) is 10.4. The fourth-order valence-corrected chi connectivity index (χ4v) is 6.68. The van der Waals surface area contributed by atoms with Crippen molar-refractivity contribution in [2.75, 3.05) is 18.1 Å². The highest BCUT2D eigenvalue weighted by atomic mass is 32.2. The summed E-state index contributed by atoms with van der Waals surface area (Å²) in [6, 6.07) is 6.94. The maximum atomic E-state index is 13.2. The van der Waals surface area contributed by atoms with Crippen molar-refractivity contribution >= 4 is 27.7 Å². The quantitative estimate of drug-likeness (QED) is 0.710. The number of rotatable bonds is 3. The summed E-state index contributed by atoms with van der Waals surface area (Å²) in [5, 5.41) is 5.51. The van der Waals surface area contributed by atoms with Crippen molar-refractivity contribution in [2.24, 2.45) is 0 Å². The molecule has 1 aliphatic carbocycles. The van der Waals surface area contributed by atoms with Crippen LogP contribution >= 0.6 is 0 Å². The van der Waals surface area contributed by atoms with Crippen LogP contribution in [0.25, 0.3) is 0 Å². The first-order chi connectivity index (χ1) is 13.1. The molecule has 28 heavy (non-hydrogen) atoms.